The van der Waals surface area contributed by atoms with Gasteiger partial charge in [0.25, 0.3) is 0 Å². The highest BCUT2D eigenvalue weighted by Gasteiger charge is 2.19. The molecule has 0 fully saturated rings. The van der Waals surface area contributed by atoms with Gasteiger partial charge in [-0.2, -0.15) is 11.3 Å². The monoisotopic (exact) mass is 316 g/mol. The van der Waals surface area contributed by atoms with E-state index in [0.29, 0.717) is 5.02 Å². The average molecular weight is 318 g/mol. The molecule has 0 spiro atoms. The number of thiophene rings is 1. The van der Waals surface area contributed by atoms with Gasteiger partial charge in [0.05, 0.1) is 16.8 Å². The summed E-state index contributed by atoms with van der Waals surface area (Å²) in [5.41, 5.74) is 2.01. The second-order valence-electron chi connectivity index (χ2n) is 3.27. The molecule has 0 aromatic carbocycles. The summed E-state index contributed by atoms with van der Waals surface area (Å²) in [5, 5.41) is 8.06. The second-order valence-corrected chi connectivity index (χ2v) is 5.27. The summed E-state index contributed by atoms with van der Waals surface area (Å²) in [6.07, 6.45) is 1.76. The van der Waals surface area contributed by atoms with Crippen molar-refractivity contribution in [1.82, 2.24) is 10.3 Å². The van der Waals surface area contributed by atoms with Crippen molar-refractivity contribution in [2.24, 2.45) is 0 Å². The molecule has 0 amide bonds. The molecule has 2 heterocycles. The van der Waals surface area contributed by atoms with E-state index in [1.807, 2.05) is 19.2 Å². The van der Waals surface area contributed by atoms with Crippen LogP contribution < -0.4 is 5.32 Å². The second kappa shape index (κ2) is 5.27. The lowest BCUT2D eigenvalue weighted by Gasteiger charge is -2.16. The Balaban J connectivity index is 2.45. The first-order chi connectivity index (χ1) is 7.74. The van der Waals surface area contributed by atoms with Crippen molar-refractivity contribution in [3.63, 3.8) is 0 Å². The lowest BCUT2D eigenvalue weighted by atomic mass is 10.1. The lowest BCUT2D eigenvalue weighted by molar-refractivity contribution is 0.671. The Morgan fingerprint density at radius 1 is 1.50 bits per heavy atom. The highest BCUT2D eigenvalue weighted by molar-refractivity contribution is 9.10. The van der Waals surface area contributed by atoms with Crippen molar-refractivity contribution in [3.8, 4) is 0 Å². The molecule has 2 rings (SSSR count). The number of aromatic nitrogens is 1. The van der Waals surface area contributed by atoms with Crippen LogP contribution in [-0.4, -0.2) is 12.0 Å². The molecular weight excluding hydrogens is 308 g/mol. The fraction of sp³-hybridized carbons (Fsp3) is 0.182. The number of hydrogen-bond acceptors (Lipinski definition) is 3. The van der Waals surface area contributed by atoms with Crippen LogP contribution in [0.2, 0.25) is 5.02 Å². The zero-order chi connectivity index (χ0) is 11.5. The quantitative estimate of drug-likeness (QED) is 0.929. The molecule has 5 heteroatoms. The highest BCUT2D eigenvalue weighted by atomic mass is 79.9. The van der Waals surface area contributed by atoms with E-state index in [-0.39, 0.29) is 6.04 Å². The minimum atomic E-state index is 0.0225. The summed E-state index contributed by atoms with van der Waals surface area (Å²) in [6, 6.07) is 3.71. The summed E-state index contributed by atoms with van der Waals surface area (Å²) in [5.74, 6) is 0. The van der Waals surface area contributed by atoms with Gasteiger partial charge in [0, 0.05) is 21.6 Å². The Morgan fingerprint density at radius 3 is 2.88 bits per heavy atom. The Hall–Kier alpha value is -0.420. The van der Waals surface area contributed by atoms with E-state index < -0.39 is 0 Å². The smallest absolute Gasteiger partial charge is 0.0805 e. The number of rotatable bonds is 3. The number of pyridine rings is 1. The third kappa shape index (κ3) is 2.30. The summed E-state index contributed by atoms with van der Waals surface area (Å²) in [4.78, 5) is 4.34. The van der Waals surface area contributed by atoms with Gasteiger partial charge >= 0.3 is 0 Å². The normalized spacial score (nSPS) is 12.7. The first-order valence-electron chi connectivity index (χ1n) is 4.73. The molecule has 2 aromatic heterocycles. The predicted molar refractivity (Wildman–Crippen MR) is 72.2 cm³/mol. The summed E-state index contributed by atoms with van der Waals surface area (Å²) < 4.78 is 1.08. The van der Waals surface area contributed by atoms with Crippen molar-refractivity contribution in [2.45, 2.75) is 6.04 Å². The van der Waals surface area contributed by atoms with Crippen LogP contribution in [0.1, 0.15) is 17.3 Å². The third-order valence-corrected chi connectivity index (χ3v) is 4.37. The first kappa shape index (κ1) is 12.0. The van der Waals surface area contributed by atoms with Gasteiger partial charge in [-0.3, -0.25) is 4.98 Å². The third-order valence-electron chi connectivity index (χ3n) is 2.30. The average Bonchev–Trinajstić information content (AvgIpc) is 2.69. The standard InChI is InChI=1S/C11H10BrClN2S/c1-14-10(7-5-16-6-8(7)12)11-9(13)3-2-4-15-11/h2-6,10,14H,1H3. The van der Waals surface area contributed by atoms with Crippen LogP contribution in [0, 0.1) is 0 Å². The highest BCUT2D eigenvalue weighted by Crippen LogP contribution is 2.33. The summed E-state index contributed by atoms with van der Waals surface area (Å²) in [6.45, 7) is 0. The van der Waals surface area contributed by atoms with Crippen LogP contribution in [-0.2, 0) is 0 Å². The van der Waals surface area contributed by atoms with Gasteiger partial charge in [0.2, 0.25) is 0 Å². The topological polar surface area (TPSA) is 24.9 Å². The molecule has 84 valence electrons. The van der Waals surface area contributed by atoms with Crippen molar-refractivity contribution in [3.05, 3.63) is 49.8 Å². The Morgan fingerprint density at radius 2 is 2.31 bits per heavy atom. The number of nitrogens with one attached hydrogen (secondary N) is 1. The molecule has 0 saturated heterocycles. The van der Waals surface area contributed by atoms with Crippen LogP contribution in [0.5, 0.6) is 0 Å². The van der Waals surface area contributed by atoms with Crippen LogP contribution in [0.25, 0.3) is 0 Å². The van der Waals surface area contributed by atoms with Crippen LogP contribution >= 0.6 is 38.9 Å². The molecule has 1 N–H and O–H groups in total. The molecular formula is C11H10BrClN2S. The van der Waals surface area contributed by atoms with E-state index in [0.717, 1.165) is 15.7 Å². The van der Waals surface area contributed by atoms with E-state index in [4.69, 9.17) is 11.6 Å². The summed E-state index contributed by atoms with van der Waals surface area (Å²) >= 11 is 11.3. The largest absolute Gasteiger partial charge is 0.308 e. The molecule has 2 nitrogen and oxygen atoms in total. The maximum Gasteiger partial charge on any atom is 0.0805 e. The zero-order valence-electron chi connectivity index (χ0n) is 8.58. The molecule has 2 aromatic rings. The van der Waals surface area contributed by atoms with E-state index in [2.05, 4.69) is 37.0 Å². The van der Waals surface area contributed by atoms with Gasteiger partial charge in [-0.25, -0.2) is 0 Å². The molecule has 1 atom stereocenters. The van der Waals surface area contributed by atoms with Crippen molar-refractivity contribution < 1.29 is 0 Å². The van der Waals surface area contributed by atoms with Crippen LogP contribution in [0.4, 0.5) is 0 Å². The van der Waals surface area contributed by atoms with Crippen molar-refractivity contribution >= 4 is 38.9 Å². The fourth-order valence-electron chi connectivity index (χ4n) is 1.55. The SMILES string of the molecule is CNC(c1cscc1Br)c1ncccc1Cl. The molecule has 0 radical (unpaired) electrons. The molecule has 0 saturated carbocycles. The maximum absolute atomic E-state index is 6.15. The number of halogens is 2. The molecule has 16 heavy (non-hydrogen) atoms. The van der Waals surface area contributed by atoms with Gasteiger partial charge in [-0.05, 0) is 40.5 Å². The summed E-state index contributed by atoms with van der Waals surface area (Å²) in [7, 11) is 1.90. The Bertz CT molecular complexity index is 486. The number of nitrogens with zero attached hydrogens (tertiary/aromatic N) is 1. The molecule has 0 aliphatic rings. The van der Waals surface area contributed by atoms with Crippen LogP contribution in [0.3, 0.4) is 0 Å². The lowest BCUT2D eigenvalue weighted by Crippen LogP contribution is -2.19. The minimum Gasteiger partial charge on any atom is -0.308 e. The molecule has 0 aliphatic heterocycles. The van der Waals surface area contributed by atoms with Gasteiger partial charge in [-0.15, -0.1) is 0 Å². The van der Waals surface area contributed by atoms with Gasteiger partial charge < -0.3 is 5.32 Å². The molecule has 0 bridgehead atoms. The van der Waals surface area contributed by atoms with E-state index in [1.165, 1.54) is 0 Å². The van der Waals surface area contributed by atoms with E-state index in [1.54, 1.807) is 17.5 Å². The maximum atomic E-state index is 6.15. The number of hydrogen-bond donors (Lipinski definition) is 1. The molecule has 1 unspecified atom stereocenters. The molecule has 0 aliphatic carbocycles. The van der Waals surface area contributed by atoms with Crippen molar-refractivity contribution in [2.75, 3.05) is 7.05 Å². The first-order valence-corrected chi connectivity index (χ1v) is 6.84. The van der Waals surface area contributed by atoms with E-state index >= 15 is 0 Å². The van der Waals surface area contributed by atoms with Gasteiger partial charge in [0.15, 0.2) is 0 Å². The van der Waals surface area contributed by atoms with Crippen LogP contribution in [0.15, 0.2) is 33.6 Å². The zero-order valence-corrected chi connectivity index (χ0v) is 11.7. The van der Waals surface area contributed by atoms with E-state index in [9.17, 15) is 0 Å². The Labute approximate surface area is 112 Å². The van der Waals surface area contributed by atoms with Gasteiger partial charge in [0.1, 0.15) is 0 Å². The minimum absolute atomic E-state index is 0.0225. The fourth-order valence-corrected chi connectivity index (χ4v) is 3.33. The predicted octanol–water partition coefficient (Wildman–Crippen LogP) is 3.87. The van der Waals surface area contributed by atoms with Gasteiger partial charge in [-0.1, -0.05) is 11.6 Å². The van der Waals surface area contributed by atoms with Crippen molar-refractivity contribution in [1.29, 1.82) is 0 Å². The Kier molecular flexibility index (Phi) is 3.97.